The molecular formula is C15H25N3O. The number of rotatable bonds is 5. The zero-order valence-corrected chi connectivity index (χ0v) is 12.4. The van der Waals surface area contributed by atoms with E-state index in [2.05, 4.69) is 43.0 Å². The Kier molecular flexibility index (Phi) is 5.67. The summed E-state index contributed by atoms with van der Waals surface area (Å²) in [6.45, 7) is 13.6. The van der Waals surface area contributed by atoms with Gasteiger partial charge in [-0.25, -0.2) is 4.99 Å². The topological polar surface area (TPSA) is 49.6 Å². The first kappa shape index (κ1) is 15.3. The van der Waals surface area contributed by atoms with Crippen LogP contribution in [0.4, 0.5) is 0 Å². The number of hydrogen-bond acceptors (Lipinski definition) is 2. The SMILES string of the molecule is C=C(C)CN=C(NCCc1ccco1)NC(C)(C)C. The first-order valence-corrected chi connectivity index (χ1v) is 6.60. The second kappa shape index (κ2) is 7.02. The van der Waals surface area contributed by atoms with Crippen LogP contribution in [0.25, 0.3) is 0 Å². The fourth-order valence-corrected chi connectivity index (χ4v) is 1.47. The molecule has 1 aromatic heterocycles. The van der Waals surface area contributed by atoms with E-state index < -0.39 is 0 Å². The highest BCUT2D eigenvalue weighted by Crippen LogP contribution is 2.01. The number of guanidine groups is 1. The first-order chi connectivity index (χ1) is 8.87. The Bertz CT molecular complexity index is 413. The molecule has 1 heterocycles. The average Bonchev–Trinajstić information content (AvgIpc) is 2.76. The van der Waals surface area contributed by atoms with E-state index in [0.717, 1.165) is 30.3 Å². The molecular weight excluding hydrogens is 238 g/mol. The van der Waals surface area contributed by atoms with E-state index >= 15 is 0 Å². The van der Waals surface area contributed by atoms with Crippen LogP contribution >= 0.6 is 0 Å². The van der Waals surface area contributed by atoms with Crippen molar-refractivity contribution < 1.29 is 4.42 Å². The lowest BCUT2D eigenvalue weighted by Crippen LogP contribution is -2.48. The van der Waals surface area contributed by atoms with E-state index in [1.807, 2.05) is 19.1 Å². The second-order valence-corrected chi connectivity index (χ2v) is 5.75. The van der Waals surface area contributed by atoms with Crippen molar-refractivity contribution in [3.8, 4) is 0 Å². The molecule has 1 aromatic rings. The van der Waals surface area contributed by atoms with Crippen molar-refractivity contribution >= 4 is 5.96 Å². The van der Waals surface area contributed by atoms with Gasteiger partial charge in [0, 0.05) is 18.5 Å². The Morgan fingerprint density at radius 3 is 2.68 bits per heavy atom. The van der Waals surface area contributed by atoms with E-state index in [-0.39, 0.29) is 5.54 Å². The Morgan fingerprint density at radius 2 is 2.16 bits per heavy atom. The van der Waals surface area contributed by atoms with Crippen LogP contribution in [0.5, 0.6) is 0 Å². The molecule has 1 rings (SSSR count). The van der Waals surface area contributed by atoms with Crippen LogP contribution in [0.3, 0.4) is 0 Å². The van der Waals surface area contributed by atoms with E-state index in [0.29, 0.717) is 6.54 Å². The van der Waals surface area contributed by atoms with E-state index in [9.17, 15) is 0 Å². The Labute approximate surface area is 116 Å². The van der Waals surface area contributed by atoms with Crippen molar-refractivity contribution in [3.05, 3.63) is 36.3 Å². The standard InChI is InChI=1S/C15H25N3O/c1-12(2)11-17-14(18-15(3,4)5)16-9-8-13-7-6-10-19-13/h6-7,10H,1,8-9,11H2,2-5H3,(H2,16,17,18). The molecule has 0 radical (unpaired) electrons. The third-order valence-electron chi connectivity index (χ3n) is 2.24. The quantitative estimate of drug-likeness (QED) is 0.488. The molecule has 0 aliphatic rings. The summed E-state index contributed by atoms with van der Waals surface area (Å²) < 4.78 is 5.30. The molecule has 0 amide bonds. The fraction of sp³-hybridized carbons (Fsp3) is 0.533. The predicted octanol–water partition coefficient (Wildman–Crippen LogP) is 2.73. The molecule has 0 saturated carbocycles. The Balaban J connectivity index is 2.48. The summed E-state index contributed by atoms with van der Waals surface area (Å²) in [5, 5.41) is 6.67. The molecule has 0 bridgehead atoms. The summed E-state index contributed by atoms with van der Waals surface area (Å²) >= 11 is 0. The van der Waals surface area contributed by atoms with Gasteiger partial charge in [0.2, 0.25) is 0 Å². The van der Waals surface area contributed by atoms with Crippen molar-refractivity contribution in [2.45, 2.75) is 39.7 Å². The number of aliphatic imine (C=N–C) groups is 1. The maximum Gasteiger partial charge on any atom is 0.192 e. The Hall–Kier alpha value is -1.71. The van der Waals surface area contributed by atoms with Crippen LogP contribution in [0, 0.1) is 0 Å². The van der Waals surface area contributed by atoms with Crippen LogP contribution in [0.1, 0.15) is 33.5 Å². The van der Waals surface area contributed by atoms with Crippen LogP contribution in [-0.2, 0) is 6.42 Å². The van der Waals surface area contributed by atoms with Gasteiger partial charge in [0.05, 0.1) is 12.8 Å². The van der Waals surface area contributed by atoms with E-state index in [4.69, 9.17) is 4.42 Å². The number of furan rings is 1. The lowest BCUT2D eigenvalue weighted by Gasteiger charge is -2.24. The maximum absolute atomic E-state index is 5.30. The monoisotopic (exact) mass is 263 g/mol. The van der Waals surface area contributed by atoms with Gasteiger partial charge in [-0.15, -0.1) is 0 Å². The van der Waals surface area contributed by atoms with Gasteiger partial charge in [-0.2, -0.15) is 0 Å². The van der Waals surface area contributed by atoms with Gasteiger partial charge in [0.1, 0.15) is 5.76 Å². The second-order valence-electron chi connectivity index (χ2n) is 5.75. The zero-order valence-electron chi connectivity index (χ0n) is 12.4. The summed E-state index contributed by atoms with van der Waals surface area (Å²) in [4.78, 5) is 4.49. The average molecular weight is 263 g/mol. The molecule has 106 valence electrons. The molecule has 0 aromatic carbocycles. The first-order valence-electron chi connectivity index (χ1n) is 6.60. The van der Waals surface area contributed by atoms with Gasteiger partial charge in [0.15, 0.2) is 5.96 Å². The van der Waals surface area contributed by atoms with Crippen LogP contribution in [-0.4, -0.2) is 24.6 Å². The summed E-state index contributed by atoms with van der Waals surface area (Å²) in [6.07, 6.45) is 2.53. The summed E-state index contributed by atoms with van der Waals surface area (Å²) in [5.41, 5.74) is 1.02. The minimum atomic E-state index is -0.0222. The number of hydrogen-bond donors (Lipinski definition) is 2. The lowest BCUT2D eigenvalue weighted by molar-refractivity contribution is 0.492. The highest BCUT2D eigenvalue weighted by atomic mass is 16.3. The van der Waals surface area contributed by atoms with Gasteiger partial charge in [-0.05, 0) is 39.8 Å². The van der Waals surface area contributed by atoms with Crippen LogP contribution in [0.15, 0.2) is 40.0 Å². The minimum Gasteiger partial charge on any atom is -0.469 e. The van der Waals surface area contributed by atoms with Gasteiger partial charge >= 0.3 is 0 Å². The highest BCUT2D eigenvalue weighted by molar-refractivity contribution is 5.80. The third-order valence-corrected chi connectivity index (χ3v) is 2.24. The normalized spacial score (nSPS) is 12.3. The van der Waals surface area contributed by atoms with Crippen LogP contribution < -0.4 is 10.6 Å². The zero-order chi connectivity index (χ0) is 14.3. The molecule has 0 aliphatic carbocycles. The van der Waals surface area contributed by atoms with Gasteiger partial charge in [0.25, 0.3) is 0 Å². The molecule has 0 fully saturated rings. The minimum absolute atomic E-state index is 0.0222. The van der Waals surface area contributed by atoms with Crippen molar-refractivity contribution in [1.82, 2.24) is 10.6 Å². The molecule has 4 heteroatoms. The number of nitrogens with one attached hydrogen (secondary N) is 2. The van der Waals surface area contributed by atoms with Crippen molar-refractivity contribution in [1.29, 1.82) is 0 Å². The molecule has 0 saturated heterocycles. The van der Waals surface area contributed by atoms with Crippen molar-refractivity contribution in [3.63, 3.8) is 0 Å². The molecule has 0 atom stereocenters. The van der Waals surface area contributed by atoms with Gasteiger partial charge < -0.3 is 15.1 Å². The molecule has 19 heavy (non-hydrogen) atoms. The summed E-state index contributed by atoms with van der Waals surface area (Å²) in [6, 6.07) is 3.88. The van der Waals surface area contributed by atoms with Crippen molar-refractivity contribution in [2.75, 3.05) is 13.1 Å². The van der Waals surface area contributed by atoms with Crippen LogP contribution in [0.2, 0.25) is 0 Å². The molecule has 0 aliphatic heterocycles. The predicted molar refractivity (Wildman–Crippen MR) is 80.4 cm³/mol. The van der Waals surface area contributed by atoms with Crippen molar-refractivity contribution in [2.24, 2.45) is 4.99 Å². The molecule has 0 unspecified atom stereocenters. The Morgan fingerprint density at radius 1 is 1.42 bits per heavy atom. The molecule has 2 N–H and O–H groups in total. The number of nitrogens with zero attached hydrogens (tertiary/aromatic N) is 1. The largest absolute Gasteiger partial charge is 0.469 e. The fourth-order valence-electron chi connectivity index (χ4n) is 1.47. The summed E-state index contributed by atoms with van der Waals surface area (Å²) in [7, 11) is 0. The molecule has 4 nitrogen and oxygen atoms in total. The van der Waals surface area contributed by atoms with E-state index in [1.165, 1.54) is 0 Å². The highest BCUT2D eigenvalue weighted by Gasteiger charge is 2.11. The summed E-state index contributed by atoms with van der Waals surface area (Å²) in [5.74, 6) is 1.78. The van der Waals surface area contributed by atoms with E-state index in [1.54, 1.807) is 6.26 Å². The third kappa shape index (κ3) is 7.34. The molecule has 0 spiro atoms. The maximum atomic E-state index is 5.30. The lowest BCUT2D eigenvalue weighted by atomic mass is 10.1. The van der Waals surface area contributed by atoms with Gasteiger partial charge in [-0.1, -0.05) is 12.2 Å². The van der Waals surface area contributed by atoms with Gasteiger partial charge in [-0.3, -0.25) is 0 Å². The smallest absolute Gasteiger partial charge is 0.192 e.